The van der Waals surface area contributed by atoms with E-state index in [0.717, 1.165) is 39.1 Å². The number of nitrogen functional groups attached to an aromatic ring is 1. The Morgan fingerprint density at radius 1 is 1.20 bits per heavy atom. The van der Waals surface area contributed by atoms with Gasteiger partial charge in [0.1, 0.15) is 46.8 Å². The summed E-state index contributed by atoms with van der Waals surface area (Å²) in [5.74, 6) is 0.272. The number of benzene rings is 2. The standard InChI is InChI=1S/C34H35FN8O3/c1-33(2,41-17-34(18-41)19-45-20-34)14-22(15-36)32(44)42-12-6-7-23(42)16-43-31-28(30(37)38-21-39-31)29(40-43)26-11-10-25(13-27(26)35)46-24-8-4-3-5-9-24/h3-5,8-11,13-14,21,23H,6-7,12,16-20H2,1-2H3,(H2,37,38,39)/t23-/m1/s1. The van der Waals surface area contributed by atoms with E-state index in [0.29, 0.717) is 41.3 Å². The summed E-state index contributed by atoms with van der Waals surface area (Å²) in [5, 5.41) is 15.3. The number of nitrogens with zero attached hydrogens (tertiary/aromatic N) is 7. The highest BCUT2D eigenvalue weighted by Gasteiger charge is 2.52. The maximum absolute atomic E-state index is 15.6. The van der Waals surface area contributed by atoms with Crippen LogP contribution in [0.2, 0.25) is 0 Å². The number of nitriles is 1. The van der Waals surface area contributed by atoms with Gasteiger partial charge in [0.15, 0.2) is 5.65 Å². The molecule has 3 saturated heterocycles. The molecule has 1 spiro atoms. The van der Waals surface area contributed by atoms with E-state index in [2.05, 4.69) is 20.9 Å². The highest BCUT2D eigenvalue weighted by atomic mass is 19.1. The number of fused-ring (bicyclic) bond motifs is 1. The molecule has 2 aromatic heterocycles. The van der Waals surface area contributed by atoms with Crippen molar-refractivity contribution in [2.75, 3.05) is 38.6 Å². The molecule has 0 aliphatic carbocycles. The van der Waals surface area contributed by atoms with Crippen molar-refractivity contribution < 1.29 is 18.7 Å². The molecule has 2 aromatic carbocycles. The fourth-order valence-corrected chi connectivity index (χ4v) is 6.70. The second-order valence-corrected chi connectivity index (χ2v) is 13.0. The Balaban J connectivity index is 1.14. The summed E-state index contributed by atoms with van der Waals surface area (Å²) in [7, 11) is 0. The number of aromatic nitrogens is 4. The van der Waals surface area contributed by atoms with Crippen LogP contribution in [0.15, 0.2) is 66.5 Å². The Labute approximate surface area is 266 Å². The monoisotopic (exact) mass is 622 g/mol. The first-order valence-electron chi connectivity index (χ1n) is 15.4. The number of carbonyl (C=O) groups excluding carboxylic acids is 1. The lowest BCUT2D eigenvalue weighted by molar-refractivity contribution is -0.204. The van der Waals surface area contributed by atoms with Gasteiger partial charge in [-0.15, -0.1) is 0 Å². The number of rotatable bonds is 8. The largest absolute Gasteiger partial charge is 0.457 e. The zero-order chi connectivity index (χ0) is 32.1. The van der Waals surface area contributed by atoms with Gasteiger partial charge in [-0.2, -0.15) is 10.4 Å². The molecule has 236 valence electrons. The van der Waals surface area contributed by atoms with E-state index in [1.807, 2.05) is 32.0 Å². The van der Waals surface area contributed by atoms with Crippen LogP contribution in [0, 0.1) is 22.6 Å². The lowest BCUT2D eigenvalue weighted by atomic mass is 9.75. The number of ether oxygens (including phenoxy) is 2. The average molecular weight is 623 g/mol. The van der Waals surface area contributed by atoms with E-state index < -0.39 is 11.4 Å². The predicted octanol–water partition coefficient (Wildman–Crippen LogP) is 4.56. The maximum atomic E-state index is 15.6. The van der Waals surface area contributed by atoms with Crippen LogP contribution in [0.4, 0.5) is 10.2 Å². The second kappa shape index (κ2) is 11.5. The third-order valence-corrected chi connectivity index (χ3v) is 9.29. The molecule has 0 radical (unpaired) electrons. The first kappa shape index (κ1) is 29.8. The van der Waals surface area contributed by atoms with Crippen LogP contribution in [0.5, 0.6) is 11.5 Å². The van der Waals surface area contributed by atoms with Crippen molar-refractivity contribution in [1.82, 2.24) is 29.5 Å². The Bertz CT molecular complexity index is 1870. The SMILES string of the molecule is CC(C)(C=C(C#N)C(=O)N1CCC[C@@H]1Cn1nc(-c2ccc(Oc3ccccc3)cc2F)c2c(N)ncnc21)N1CC2(COC2)C1. The molecule has 12 heteroatoms. The van der Waals surface area contributed by atoms with Crippen molar-refractivity contribution >= 4 is 22.8 Å². The lowest BCUT2D eigenvalue weighted by Crippen LogP contribution is -2.70. The van der Waals surface area contributed by atoms with Crippen LogP contribution in [0.25, 0.3) is 22.3 Å². The average Bonchev–Trinajstić information content (AvgIpc) is 3.60. The lowest BCUT2D eigenvalue weighted by Gasteiger charge is -2.59. The van der Waals surface area contributed by atoms with Crippen LogP contribution in [0.1, 0.15) is 26.7 Å². The summed E-state index contributed by atoms with van der Waals surface area (Å²) in [6.45, 7) is 8.20. The van der Waals surface area contributed by atoms with Crippen molar-refractivity contribution in [2.45, 2.75) is 44.8 Å². The van der Waals surface area contributed by atoms with Gasteiger partial charge in [-0.05, 0) is 57.0 Å². The molecule has 3 aliphatic heterocycles. The van der Waals surface area contributed by atoms with Gasteiger partial charge in [0.05, 0.1) is 31.2 Å². The summed E-state index contributed by atoms with van der Waals surface area (Å²) in [6, 6.07) is 15.6. The first-order chi connectivity index (χ1) is 22.2. The highest BCUT2D eigenvalue weighted by Crippen LogP contribution is 2.42. The van der Waals surface area contributed by atoms with Gasteiger partial charge in [0.2, 0.25) is 0 Å². The van der Waals surface area contributed by atoms with Crippen LogP contribution in [-0.4, -0.2) is 79.9 Å². The van der Waals surface area contributed by atoms with Gasteiger partial charge in [0.25, 0.3) is 5.91 Å². The first-order valence-corrected chi connectivity index (χ1v) is 15.4. The minimum absolute atomic E-state index is 0.125. The topological polar surface area (TPSA) is 135 Å². The minimum Gasteiger partial charge on any atom is -0.457 e. The van der Waals surface area contributed by atoms with Gasteiger partial charge in [-0.25, -0.2) is 19.0 Å². The molecule has 1 atom stereocenters. The number of likely N-dealkylation sites (tertiary alicyclic amines) is 2. The molecule has 3 aliphatic rings. The quantitative estimate of drug-likeness (QED) is 0.222. The summed E-state index contributed by atoms with van der Waals surface area (Å²) in [5.41, 5.74) is 7.15. The fourth-order valence-electron chi connectivity index (χ4n) is 6.70. The van der Waals surface area contributed by atoms with Gasteiger partial charge in [-0.1, -0.05) is 18.2 Å². The molecule has 4 aromatic rings. The molecule has 46 heavy (non-hydrogen) atoms. The summed E-state index contributed by atoms with van der Waals surface area (Å²) >= 11 is 0. The van der Waals surface area contributed by atoms with Crippen LogP contribution < -0.4 is 10.5 Å². The van der Waals surface area contributed by atoms with Gasteiger partial charge < -0.3 is 20.1 Å². The molecule has 0 unspecified atom stereocenters. The molecule has 3 fully saturated rings. The molecular formula is C34H35FN8O3. The molecule has 0 saturated carbocycles. The van der Waals surface area contributed by atoms with Gasteiger partial charge in [-0.3, -0.25) is 9.69 Å². The number of hydrogen-bond donors (Lipinski definition) is 1. The smallest absolute Gasteiger partial charge is 0.264 e. The van der Waals surface area contributed by atoms with Gasteiger partial charge >= 0.3 is 0 Å². The maximum Gasteiger partial charge on any atom is 0.264 e. The van der Waals surface area contributed by atoms with Crippen LogP contribution in [-0.2, 0) is 16.1 Å². The Kier molecular flexibility index (Phi) is 7.45. The van der Waals surface area contributed by atoms with Crippen molar-refractivity contribution in [3.05, 3.63) is 72.3 Å². The third-order valence-electron chi connectivity index (χ3n) is 9.29. The van der Waals surface area contributed by atoms with E-state index in [-0.39, 0.29) is 34.3 Å². The number of hydrogen-bond acceptors (Lipinski definition) is 9. The molecular weight excluding hydrogens is 587 g/mol. The van der Waals surface area contributed by atoms with Crippen molar-refractivity contribution in [3.8, 4) is 28.8 Å². The second-order valence-electron chi connectivity index (χ2n) is 13.0. The molecule has 0 bridgehead atoms. The zero-order valence-electron chi connectivity index (χ0n) is 25.8. The number of carbonyl (C=O) groups is 1. The Hall–Kier alpha value is -4.86. The Morgan fingerprint density at radius 2 is 1.98 bits per heavy atom. The van der Waals surface area contributed by atoms with E-state index >= 15 is 4.39 Å². The summed E-state index contributed by atoms with van der Waals surface area (Å²) < 4.78 is 28.4. The van der Waals surface area contributed by atoms with Gasteiger partial charge in [0, 0.05) is 42.2 Å². The number of anilines is 1. The molecule has 5 heterocycles. The summed E-state index contributed by atoms with van der Waals surface area (Å²) in [6.07, 6.45) is 4.65. The molecule has 1 amide bonds. The van der Waals surface area contributed by atoms with E-state index in [1.54, 1.807) is 39.9 Å². The number of halogens is 1. The van der Waals surface area contributed by atoms with Crippen LogP contribution in [0.3, 0.4) is 0 Å². The summed E-state index contributed by atoms with van der Waals surface area (Å²) in [4.78, 5) is 26.4. The zero-order valence-corrected chi connectivity index (χ0v) is 25.8. The Morgan fingerprint density at radius 3 is 2.67 bits per heavy atom. The third kappa shape index (κ3) is 5.35. The van der Waals surface area contributed by atoms with Crippen molar-refractivity contribution in [2.24, 2.45) is 5.41 Å². The van der Waals surface area contributed by atoms with E-state index in [4.69, 9.17) is 20.3 Å². The fraction of sp³-hybridized carbons (Fsp3) is 0.382. The number of nitrogens with two attached hydrogens (primary N) is 1. The van der Waals surface area contributed by atoms with Crippen LogP contribution >= 0.6 is 0 Å². The highest BCUT2D eigenvalue weighted by molar-refractivity contribution is 5.99. The van der Waals surface area contributed by atoms with Crippen molar-refractivity contribution in [3.63, 3.8) is 0 Å². The minimum atomic E-state index is -0.537. The number of amides is 1. The molecule has 11 nitrogen and oxygen atoms in total. The molecule has 7 rings (SSSR count). The normalized spacial score (nSPS) is 19.6. The predicted molar refractivity (Wildman–Crippen MR) is 169 cm³/mol. The van der Waals surface area contributed by atoms with E-state index in [9.17, 15) is 10.1 Å². The van der Waals surface area contributed by atoms with E-state index in [1.165, 1.54) is 12.4 Å². The molecule has 2 N–H and O–H groups in total. The number of para-hydroxylation sites is 1. The van der Waals surface area contributed by atoms with Crippen molar-refractivity contribution in [1.29, 1.82) is 5.26 Å².